The average molecular weight is 515 g/mol. The molecule has 0 heterocycles. The second-order valence-corrected chi connectivity index (χ2v) is 12.7. The molecule has 3 N–H and O–H groups in total. The van der Waals surface area contributed by atoms with E-state index in [2.05, 4.69) is 6.92 Å². The van der Waals surface area contributed by atoms with Gasteiger partial charge in [-0.2, -0.15) is 0 Å². The number of hydrogen-bond donors (Lipinski definition) is 3. The Balaban J connectivity index is 1.51. The SMILES string of the molecule is CC(=O)O[C@@H]1C[C@H]2[C@@H](CC[C@H]3C[C@H](O)CC[C@@]32C)[C@@]2(O)CC[C@@](O)([C@H](C)OC(=O)c3ccccc3)[C@@]12C. The van der Waals surface area contributed by atoms with Crippen LogP contribution in [0.1, 0.15) is 89.4 Å². The first kappa shape index (κ1) is 26.6. The van der Waals surface area contributed by atoms with Gasteiger partial charge >= 0.3 is 11.9 Å². The van der Waals surface area contributed by atoms with Crippen molar-refractivity contribution in [3.8, 4) is 0 Å². The third-order valence-electron chi connectivity index (χ3n) is 11.3. The number of fused-ring (bicyclic) bond motifs is 5. The maximum absolute atomic E-state index is 12.9. The molecule has 4 fully saturated rings. The van der Waals surface area contributed by atoms with Crippen molar-refractivity contribution in [1.29, 1.82) is 0 Å². The Labute approximate surface area is 219 Å². The molecule has 0 amide bonds. The van der Waals surface area contributed by atoms with Crippen molar-refractivity contribution in [3.05, 3.63) is 35.9 Å². The van der Waals surface area contributed by atoms with Crippen LogP contribution in [0.25, 0.3) is 0 Å². The molecule has 10 atom stereocenters. The van der Waals surface area contributed by atoms with Crippen molar-refractivity contribution < 1.29 is 34.4 Å². The van der Waals surface area contributed by atoms with Gasteiger partial charge in [-0.3, -0.25) is 4.79 Å². The maximum Gasteiger partial charge on any atom is 0.338 e. The summed E-state index contributed by atoms with van der Waals surface area (Å²) in [5.74, 6) is -0.606. The Morgan fingerprint density at radius 3 is 2.35 bits per heavy atom. The largest absolute Gasteiger partial charge is 0.462 e. The second-order valence-electron chi connectivity index (χ2n) is 12.7. The van der Waals surface area contributed by atoms with E-state index in [1.807, 2.05) is 13.0 Å². The zero-order chi connectivity index (χ0) is 26.8. The fourth-order valence-electron chi connectivity index (χ4n) is 9.14. The monoisotopic (exact) mass is 514 g/mol. The molecule has 1 aromatic rings. The summed E-state index contributed by atoms with van der Waals surface area (Å²) in [7, 11) is 0. The van der Waals surface area contributed by atoms with Gasteiger partial charge in [-0.1, -0.05) is 32.0 Å². The van der Waals surface area contributed by atoms with Crippen molar-refractivity contribution in [1.82, 2.24) is 0 Å². The van der Waals surface area contributed by atoms with Crippen molar-refractivity contribution in [2.75, 3.05) is 0 Å². The molecular weight excluding hydrogens is 472 g/mol. The van der Waals surface area contributed by atoms with Crippen LogP contribution >= 0.6 is 0 Å². The highest BCUT2D eigenvalue weighted by molar-refractivity contribution is 5.89. The molecule has 7 heteroatoms. The van der Waals surface area contributed by atoms with Gasteiger partial charge in [-0.05, 0) is 93.6 Å². The normalized spacial score (nSPS) is 45.6. The Bertz CT molecular complexity index is 1040. The molecule has 0 saturated heterocycles. The van der Waals surface area contributed by atoms with Crippen LogP contribution in [0.15, 0.2) is 30.3 Å². The number of hydrogen-bond acceptors (Lipinski definition) is 7. The molecule has 37 heavy (non-hydrogen) atoms. The number of rotatable bonds is 4. The summed E-state index contributed by atoms with van der Waals surface area (Å²) in [4.78, 5) is 25.3. The third-order valence-corrected chi connectivity index (χ3v) is 11.3. The predicted octanol–water partition coefficient (Wildman–Crippen LogP) is 4.02. The van der Waals surface area contributed by atoms with Gasteiger partial charge in [0, 0.05) is 6.92 Å². The van der Waals surface area contributed by atoms with E-state index in [0.29, 0.717) is 24.3 Å². The highest BCUT2D eigenvalue weighted by Crippen LogP contribution is 2.71. The van der Waals surface area contributed by atoms with Crippen LogP contribution in [0, 0.1) is 28.6 Å². The minimum atomic E-state index is -1.59. The van der Waals surface area contributed by atoms with Crippen LogP contribution in [0.4, 0.5) is 0 Å². The number of carbonyl (C=O) groups excluding carboxylic acids is 2. The van der Waals surface area contributed by atoms with Crippen molar-refractivity contribution in [2.24, 2.45) is 28.6 Å². The fraction of sp³-hybridized carbons (Fsp3) is 0.733. The molecule has 4 saturated carbocycles. The van der Waals surface area contributed by atoms with Gasteiger partial charge in [0.25, 0.3) is 0 Å². The van der Waals surface area contributed by atoms with Crippen molar-refractivity contribution in [2.45, 2.75) is 109 Å². The summed E-state index contributed by atoms with van der Waals surface area (Å²) < 4.78 is 11.8. The molecule has 1 aromatic carbocycles. The summed E-state index contributed by atoms with van der Waals surface area (Å²) >= 11 is 0. The van der Waals surface area contributed by atoms with E-state index in [1.54, 1.807) is 31.2 Å². The highest BCUT2D eigenvalue weighted by Gasteiger charge is 2.77. The van der Waals surface area contributed by atoms with Crippen LogP contribution in [0.2, 0.25) is 0 Å². The van der Waals surface area contributed by atoms with Crippen LogP contribution in [-0.2, 0) is 14.3 Å². The van der Waals surface area contributed by atoms with Crippen molar-refractivity contribution >= 4 is 11.9 Å². The van der Waals surface area contributed by atoms with Gasteiger partial charge in [0.15, 0.2) is 0 Å². The number of aliphatic hydroxyl groups excluding tert-OH is 1. The molecule has 0 aromatic heterocycles. The van der Waals surface area contributed by atoms with Crippen LogP contribution in [0.5, 0.6) is 0 Å². The lowest BCUT2D eigenvalue weighted by Crippen LogP contribution is -2.72. The summed E-state index contributed by atoms with van der Waals surface area (Å²) in [6.45, 7) is 7.15. The minimum absolute atomic E-state index is 0.0770. The molecule has 0 radical (unpaired) electrons. The van der Waals surface area contributed by atoms with Gasteiger partial charge in [0.05, 0.1) is 22.7 Å². The molecule has 0 spiro atoms. The predicted molar refractivity (Wildman–Crippen MR) is 136 cm³/mol. The second kappa shape index (κ2) is 9.06. The lowest BCUT2D eigenvalue weighted by atomic mass is 9.42. The van der Waals surface area contributed by atoms with E-state index in [4.69, 9.17) is 9.47 Å². The number of aliphatic hydroxyl groups is 3. The van der Waals surface area contributed by atoms with Gasteiger partial charge in [0.1, 0.15) is 17.8 Å². The van der Waals surface area contributed by atoms with E-state index in [1.165, 1.54) is 6.92 Å². The highest BCUT2D eigenvalue weighted by atomic mass is 16.6. The number of esters is 2. The Hall–Kier alpha value is -1.96. The number of carbonyl (C=O) groups is 2. The fourth-order valence-corrected chi connectivity index (χ4v) is 9.14. The molecule has 0 unspecified atom stereocenters. The summed E-state index contributed by atoms with van der Waals surface area (Å²) in [5.41, 5.74) is -3.79. The standard InChI is InChI=1S/C30H42O7/c1-18(36-26(33)20-8-6-5-7-9-20)29(34)14-15-30(35)23-11-10-21-16-22(32)12-13-27(21,3)24(23)17-25(28(29,30)4)37-19(2)31/h5-9,18,21-25,32,34-35H,10-17H2,1-4H3/t18-,21-,22+,23+,24-,25+,27-,28+,29+,30-/m0/s1. The molecule has 5 rings (SSSR count). The zero-order valence-corrected chi connectivity index (χ0v) is 22.5. The first-order valence-electron chi connectivity index (χ1n) is 13.9. The summed E-state index contributed by atoms with van der Waals surface area (Å²) in [6.07, 6.45) is 3.27. The number of ether oxygens (including phenoxy) is 2. The van der Waals surface area contributed by atoms with E-state index in [-0.39, 0.29) is 29.8 Å². The van der Waals surface area contributed by atoms with Crippen LogP contribution in [-0.4, -0.2) is 56.8 Å². The Morgan fingerprint density at radius 2 is 1.68 bits per heavy atom. The lowest BCUT2D eigenvalue weighted by molar-refractivity contribution is -0.288. The average Bonchev–Trinajstić information content (AvgIpc) is 3.08. The molecule has 204 valence electrons. The molecular formula is C30H42O7. The van der Waals surface area contributed by atoms with Crippen molar-refractivity contribution in [3.63, 3.8) is 0 Å². The van der Waals surface area contributed by atoms with Crippen LogP contribution in [0.3, 0.4) is 0 Å². The minimum Gasteiger partial charge on any atom is -0.462 e. The maximum atomic E-state index is 12.9. The van der Waals surface area contributed by atoms with Gasteiger partial charge in [-0.25, -0.2) is 4.79 Å². The Morgan fingerprint density at radius 1 is 0.973 bits per heavy atom. The van der Waals surface area contributed by atoms with Gasteiger partial charge < -0.3 is 24.8 Å². The topological polar surface area (TPSA) is 113 Å². The van der Waals surface area contributed by atoms with Crippen LogP contribution < -0.4 is 0 Å². The van der Waals surface area contributed by atoms with E-state index in [0.717, 1.165) is 32.1 Å². The quantitative estimate of drug-likeness (QED) is 0.520. The first-order chi connectivity index (χ1) is 17.4. The zero-order valence-electron chi connectivity index (χ0n) is 22.5. The third kappa shape index (κ3) is 3.79. The smallest absolute Gasteiger partial charge is 0.338 e. The molecule has 0 aliphatic heterocycles. The summed E-state index contributed by atoms with van der Waals surface area (Å²) in [6, 6.07) is 8.66. The molecule has 7 nitrogen and oxygen atoms in total. The van der Waals surface area contributed by atoms with Gasteiger partial charge in [-0.15, -0.1) is 0 Å². The molecule has 4 aliphatic carbocycles. The molecule has 4 aliphatic rings. The summed E-state index contributed by atoms with van der Waals surface area (Å²) in [5, 5.41) is 35.3. The van der Waals surface area contributed by atoms with E-state index >= 15 is 0 Å². The Kier molecular flexibility index (Phi) is 6.52. The van der Waals surface area contributed by atoms with Gasteiger partial charge in [0.2, 0.25) is 0 Å². The van der Waals surface area contributed by atoms with E-state index in [9.17, 15) is 24.9 Å². The first-order valence-corrected chi connectivity index (χ1v) is 13.9. The molecule has 0 bridgehead atoms. The number of benzene rings is 1. The van der Waals surface area contributed by atoms with E-state index < -0.39 is 40.8 Å². The lowest BCUT2D eigenvalue weighted by Gasteiger charge is -2.66.